The lowest BCUT2D eigenvalue weighted by atomic mass is 10.0. The number of carbonyl (C=O) groups excluding carboxylic acids is 1. The summed E-state index contributed by atoms with van der Waals surface area (Å²) in [5.41, 5.74) is 3.25. The summed E-state index contributed by atoms with van der Waals surface area (Å²) in [6.07, 6.45) is 1.00. The van der Waals surface area contributed by atoms with Gasteiger partial charge in [-0.25, -0.2) is 0 Å². The minimum absolute atomic E-state index is 0.118. The Morgan fingerprint density at radius 1 is 1.42 bits per heavy atom. The number of hydrogen-bond acceptors (Lipinski definition) is 3. The Hall–Kier alpha value is -1.35. The van der Waals surface area contributed by atoms with E-state index in [0.717, 1.165) is 18.5 Å². The van der Waals surface area contributed by atoms with Gasteiger partial charge in [0, 0.05) is 17.3 Å². The lowest BCUT2D eigenvalue weighted by Crippen LogP contribution is -2.36. The maximum Gasteiger partial charge on any atom is 0.179 e. The second-order valence-corrected chi connectivity index (χ2v) is 6.01. The smallest absolute Gasteiger partial charge is 0.179 e. The molecular formula is C16H24N2O. The molecule has 0 aliphatic carbocycles. The van der Waals surface area contributed by atoms with Crippen molar-refractivity contribution in [3.05, 3.63) is 29.3 Å². The number of rotatable bonds is 5. The van der Waals surface area contributed by atoms with Gasteiger partial charge in [0.05, 0.1) is 6.04 Å². The van der Waals surface area contributed by atoms with Crippen LogP contribution in [0.5, 0.6) is 0 Å². The van der Waals surface area contributed by atoms with Crippen LogP contribution in [-0.4, -0.2) is 24.4 Å². The van der Waals surface area contributed by atoms with Crippen molar-refractivity contribution in [3.8, 4) is 0 Å². The summed E-state index contributed by atoms with van der Waals surface area (Å²) in [5.74, 6) is 0.739. The lowest BCUT2D eigenvalue weighted by molar-refractivity contribution is 0.0949. The van der Waals surface area contributed by atoms with Gasteiger partial charge in [0.25, 0.3) is 0 Å². The maximum absolute atomic E-state index is 12.4. The second kappa shape index (κ2) is 5.74. The van der Waals surface area contributed by atoms with Crippen molar-refractivity contribution in [2.24, 2.45) is 5.92 Å². The van der Waals surface area contributed by atoms with Gasteiger partial charge in [-0.3, -0.25) is 4.79 Å². The van der Waals surface area contributed by atoms with Crippen LogP contribution in [0.25, 0.3) is 0 Å². The Balaban J connectivity index is 2.06. The van der Waals surface area contributed by atoms with Crippen LogP contribution < -0.4 is 10.6 Å². The normalized spacial score (nSPS) is 19.1. The molecule has 0 fully saturated rings. The van der Waals surface area contributed by atoms with E-state index in [1.54, 1.807) is 0 Å². The molecule has 1 aliphatic heterocycles. The summed E-state index contributed by atoms with van der Waals surface area (Å²) >= 11 is 0. The summed E-state index contributed by atoms with van der Waals surface area (Å²) in [4.78, 5) is 12.4. The zero-order valence-electron chi connectivity index (χ0n) is 12.3. The summed E-state index contributed by atoms with van der Waals surface area (Å²) in [5, 5.41) is 6.70. The largest absolute Gasteiger partial charge is 0.382 e. The monoisotopic (exact) mass is 260 g/mol. The fourth-order valence-corrected chi connectivity index (χ4v) is 2.46. The lowest BCUT2D eigenvalue weighted by Gasteiger charge is -2.15. The molecule has 0 bridgehead atoms. The first-order chi connectivity index (χ1) is 8.97. The Labute approximate surface area is 115 Å². The summed E-state index contributed by atoms with van der Waals surface area (Å²) in [6, 6.07) is 6.35. The zero-order chi connectivity index (χ0) is 14.0. The van der Waals surface area contributed by atoms with E-state index in [1.807, 2.05) is 25.1 Å². The van der Waals surface area contributed by atoms with Gasteiger partial charge in [0.1, 0.15) is 0 Å². The van der Waals surface area contributed by atoms with E-state index in [4.69, 9.17) is 0 Å². The minimum Gasteiger partial charge on any atom is -0.382 e. The standard InChI is InChI=1S/C16H24N2O/c1-10(2)9-17-12(4)16(19)13-5-6-15-14(8-13)7-11(3)18-15/h5-6,8,10-12,17-18H,7,9H2,1-4H3. The molecule has 0 aromatic heterocycles. The number of fused-ring (bicyclic) bond motifs is 1. The number of benzene rings is 1. The van der Waals surface area contributed by atoms with E-state index in [9.17, 15) is 4.79 Å². The van der Waals surface area contributed by atoms with E-state index in [0.29, 0.717) is 12.0 Å². The number of ketones is 1. The third kappa shape index (κ3) is 3.35. The SMILES string of the molecule is CC(C)CNC(C)C(=O)c1ccc2c(c1)CC(C)N2. The van der Waals surface area contributed by atoms with Crippen LogP contribution in [0.3, 0.4) is 0 Å². The number of Topliss-reactive ketones (excluding diaryl/α,β-unsaturated/α-hetero) is 1. The summed E-state index contributed by atoms with van der Waals surface area (Å²) in [6.45, 7) is 9.27. The zero-order valence-corrected chi connectivity index (χ0v) is 12.3. The highest BCUT2D eigenvalue weighted by atomic mass is 16.1. The molecule has 1 aromatic rings. The molecule has 2 unspecified atom stereocenters. The number of nitrogens with one attached hydrogen (secondary N) is 2. The molecule has 3 heteroatoms. The molecule has 0 saturated heterocycles. The van der Waals surface area contributed by atoms with E-state index >= 15 is 0 Å². The molecule has 0 saturated carbocycles. The molecule has 0 spiro atoms. The van der Waals surface area contributed by atoms with Gasteiger partial charge < -0.3 is 10.6 Å². The van der Waals surface area contributed by atoms with Crippen LogP contribution in [0.2, 0.25) is 0 Å². The van der Waals surface area contributed by atoms with Crippen LogP contribution in [0, 0.1) is 5.92 Å². The van der Waals surface area contributed by atoms with Crippen molar-refractivity contribution in [3.63, 3.8) is 0 Å². The molecule has 1 aromatic carbocycles. The highest BCUT2D eigenvalue weighted by Gasteiger charge is 2.20. The van der Waals surface area contributed by atoms with Gasteiger partial charge in [0.2, 0.25) is 0 Å². The molecule has 2 N–H and O–H groups in total. The van der Waals surface area contributed by atoms with Crippen molar-refractivity contribution in [1.29, 1.82) is 0 Å². The average Bonchev–Trinajstić information content (AvgIpc) is 2.73. The first-order valence-corrected chi connectivity index (χ1v) is 7.14. The van der Waals surface area contributed by atoms with Crippen LogP contribution in [-0.2, 0) is 6.42 Å². The van der Waals surface area contributed by atoms with Gasteiger partial charge in [-0.2, -0.15) is 0 Å². The molecule has 19 heavy (non-hydrogen) atoms. The molecule has 104 valence electrons. The topological polar surface area (TPSA) is 41.1 Å². The first kappa shape index (κ1) is 14.1. The Morgan fingerprint density at radius 2 is 2.16 bits per heavy atom. The quantitative estimate of drug-likeness (QED) is 0.800. The van der Waals surface area contributed by atoms with Crippen LogP contribution in [0.15, 0.2) is 18.2 Å². The minimum atomic E-state index is -0.118. The Morgan fingerprint density at radius 3 is 2.84 bits per heavy atom. The fraction of sp³-hybridized carbons (Fsp3) is 0.562. The Kier molecular flexibility index (Phi) is 4.25. The predicted molar refractivity (Wildman–Crippen MR) is 79.9 cm³/mol. The third-order valence-corrected chi connectivity index (χ3v) is 3.54. The molecule has 0 radical (unpaired) electrons. The van der Waals surface area contributed by atoms with Crippen LogP contribution >= 0.6 is 0 Å². The fourth-order valence-electron chi connectivity index (χ4n) is 2.46. The van der Waals surface area contributed by atoms with E-state index in [-0.39, 0.29) is 11.8 Å². The van der Waals surface area contributed by atoms with Gasteiger partial charge in [0.15, 0.2) is 5.78 Å². The molecule has 1 heterocycles. The molecular weight excluding hydrogens is 236 g/mol. The third-order valence-electron chi connectivity index (χ3n) is 3.54. The van der Waals surface area contributed by atoms with E-state index in [2.05, 4.69) is 31.4 Å². The van der Waals surface area contributed by atoms with Crippen LogP contribution in [0.4, 0.5) is 5.69 Å². The van der Waals surface area contributed by atoms with Gasteiger partial charge in [-0.05, 0) is 56.5 Å². The molecule has 2 rings (SSSR count). The predicted octanol–water partition coefficient (Wildman–Crippen LogP) is 2.86. The van der Waals surface area contributed by atoms with Gasteiger partial charge in [-0.15, -0.1) is 0 Å². The van der Waals surface area contributed by atoms with E-state index < -0.39 is 0 Å². The van der Waals surface area contributed by atoms with Crippen molar-refractivity contribution >= 4 is 11.5 Å². The van der Waals surface area contributed by atoms with Crippen molar-refractivity contribution in [2.45, 2.75) is 46.2 Å². The number of anilines is 1. The molecule has 3 nitrogen and oxygen atoms in total. The number of carbonyl (C=O) groups is 1. The second-order valence-electron chi connectivity index (χ2n) is 6.01. The Bertz CT molecular complexity index is 468. The van der Waals surface area contributed by atoms with Gasteiger partial charge in [-0.1, -0.05) is 13.8 Å². The van der Waals surface area contributed by atoms with Crippen molar-refractivity contribution in [2.75, 3.05) is 11.9 Å². The average molecular weight is 260 g/mol. The summed E-state index contributed by atoms with van der Waals surface area (Å²) in [7, 11) is 0. The highest BCUT2D eigenvalue weighted by molar-refractivity contribution is 6.00. The van der Waals surface area contributed by atoms with E-state index in [1.165, 1.54) is 11.3 Å². The summed E-state index contributed by atoms with van der Waals surface area (Å²) < 4.78 is 0. The number of hydrogen-bond donors (Lipinski definition) is 2. The first-order valence-electron chi connectivity index (χ1n) is 7.14. The molecule has 1 aliphatic rings. The van der Waals surface area contributed by atoms with Crippen LogP contribution in [0.1, 0.15) is 43.6 Å². The van der Waals surface area contributed by atoms with Crippen molar-refractivity contribution < 1.29 is 4.79 Å². The van der Waals surface area contributed by atoms with Gasteiger partial charge >= 0.3 is 0 Å². The molecule has 0 amide bonds. The van der Waals surface area contributed by atoms with Crippen molar-refractivity contribution in [1.82, 2.24) is 5.32 Å². The molecule has 2 atom stereocenters. The highest BCUT2D eigenvalue weighted by Crippen LogP contribution is 2.26. The maximum atomic E-state index is 12.4.